The number of aromatic nitrogens is 8. The number of nitrogens with zero attached hydrogens (tertiary/aromatic N) is 8. The predicted octanol–water partition coefficient (Wildman–Crippen LogP) is 14.9. The summed E-state index contributed by atoms with van der Waals surface area (Å²) in [5, 5.41) is 0. The SMILES string of the molecule is CC1(C)c2cc(-c3cccc(-c4ccccc4)c3)ccc2-n2c(-c3cncnc3)nc3cccc1c32.CC1(C)c2cc(-c3ccccc3-c3ccccc3)ccc2-n2c(-c3cncnc3)nc3cccc1c32. The van der Waals surface area contributed by atoms with E-state index in [-0.39, 0.29) is 10.8 Å². The van der Waals surface area contributed by atoms with Crippen molar-refractivity contribution in [3.05, 3.63) is 242 Å². The van der Waals surface area contributed by atoms with Crippen LogP contribution in [0.5, 0.6) is 0 Å². The normalized spacial score (nSPS) is 13.5. The van der Waals surface area contributed by atoms with Gasteiger partial charge in [-0.2, -0.15) is 0 Å². The Morgan fingerprint density at radius 3 is 1.25 bits per heavy atom. The second-order valence-electron chi connectivity index (χ2n) is 19.7. The molecule has 0 radical (unpaired) electrons. The maximum atomic E-state index is 5.04. The molecule has 2 aliphatic rings. The Morgan fingerprint density at radius 1 is 0.319 bits per heavy atom. The van der Waals surface area contributed by atoms with Crippen molar-refractivity contribution in [3.63, 3.8) is 0 Å². The maximum absolute atomic E-state index is 5.04. The number of benzene rings is 8. The molecule has 2 aliphatic heterocycles. The second kappa shape index (κ2) is 16.8. The van der Waals surface area contributed by atoms with Crippen molar-refractivity contribution in [1.82, 2.24) is 39.0 Å². The number of imidazole rings is 2. The minimum Gasteiger partial charge on any atom is -0.292 e. The van der Waals surface area contributed by atoms with Gasteiger partial charge in [0.25, 0.3) is 0 Å². The lowest BCUT2D eigenvalue weighted by Gasteiger charge is -2.35. The molecule has 0 saturated heterocycles. The van der Waals surface area contributed by atoms with E-state index in [1.54, 1.807) is 12.7 Å². The Labute approximate surface area is 418 Å². The number of hydrogen-bond acceptors (Lipinski definition) is 6. The monoisotopic (exact) mass is 928 g/mol. The maximum Gasteiger partial charge on any atom is 0.148 e. The molecule has 0 bridgehead atoms. The first kappa shape index (κ1) is 42.9. The third-order valence-electron chi connectivity index (χ3n) is 14.8. The Kier molecular flexibility index (Phi) is 10.0. The van der Waals surface area contributed by atoms with E-state index in [1.807, 2.05) is 24.8 Å². The number of hydrogen-bond donors (Lipinski definition) is 0. The highest BCUT2D eigenvalue weighted by Crippen LogP contribution is 2.49. The standard InChI is InChI=1S/2C32H24N4/c1-32(2)26-12-7-13-28-30(26)36(31(35-28)25-18-33-20-34-19-25)29-15-14-24(17-27(29)32)23-11-6-10-22(16-23)21-8-4-3-5-9-21;1-32(2)26-13-8-14-28-30(26)36(31(35-28)23-18-33-20-34-19-23)29-16-15-22(17-27(29)32)25-12-7-6-11-24(25)21-9-4-3-5-10-21/h2*3-20H,1-2H3. The Hall–Kier alpha value is -9.14. The molecule has 0 atom stereocenters. The van der Waals surface area contributed by atoms with Crippen LogP contribution < -0.4 is 0 Å². The number of para-hydroxylation sites is 2. The molecule has 0 N–H and O–H groups in total. The summed E-state index contributed by atoms with van der Waals surface area (Å²) in [6.07, 6.45) is 10.4. The van der Waals surface area contributed by atoms with Crippen LogP contribution in [0.2, 0.25) is 0 Å². The molecule has 0 unspecified atom stereocenters. The summed E-state index contributed by atoms with van der Waals surface area (Å²) in [6, 6.07) is 65.1. The third-order valence-corrected chi connectivity index (χ3v) is 14.8. The van der Waals surface area contributed by atoms with Crippen molar-refractivity contribution >= 4 is 22.1 Å². The van der Waals surface area contributed by atoms with Crippen LogP contribution in [0, 0.1) is 0 Å². The van der Waals surface area contributed by atoms with Crippen molar-refractivity contribution in [2.45, 2.75) is 38.5 Å². The van der Waals surface area contributed by atoms with Gasteiger partial charge >= 0.3 is 0 Å². The Balaban J connectivity index is 0.000000140. The zero-order valence-corrected chi connectivity index (χ0v) is 40.4. The van der Waals surface area contributed by atoms with Gasteiger partial charge < -0.3 is 0 Å². The zero-order valence-electron chi connectivity index (χ0n) is 40.4. The molecule has 344 valence electrons. The van der Waals surface area contributed by atoms with E-state index in [0.29, 0.717) is 0 Å². The van der Waals surface area contributed by atoms with E-state index in [9.17, 15) is 0 Å². The van der Waals surface area contributed by atoms with Gasteiger partial charge in [0.15, 0.2) is 0 Å². The lowest BCUT2D eigenvalue weighted by molar-refractivity contribution is 0.629. The molecule has 4 aromatic heterocycles. The molecule has 6 heterocycles. The van der Waals surface area contributed by atoms with Crippen LogP contribution in [-0.4, -0.2) is 39.0 Å². The lowest BCUT2D eigenvalue weighted by Crippen LogP contribution is -2.26. The average Bonchev–Trinajstić information content (AvgIpc) is 4.03. The van der Waals surface area contributed by atoms with Crippen molar-refractivity contribution in [3.8, 4) is 78.7 Å². The van der Waals surface area contributed by atoms with Crippen LogP contribution in [0.4, 0.5) is 0 Å². The van der Waals surface area contributed by atoms with E-state index in [0.717, 1.165) is 56.2 Å². The van der Waals surface area contributed by atoms with Gasteiger partial charge in [0, 0.05) is 35.6 Å². The molecule has 72 heavy (non-hydrogen) atoms. The smallest absolute Gasteiger partial charge is 0.148 e. The van der Waals surface area contributed by atoms with E-state index in [2.05, 4.69) is 239 Å². The van der Waals surface area contributed by atoms with Crippen LogP contribution in [-0.2, 0) is 10.8 Å². The molecule has 0 aliphatic carbocycles. The van der Waals surface area contributed by atoms with E-state index < -0.39 is 0 Å². The fourth-order valence-electron chi connectivity index (χ4n) is 11.2. The van der Waals surface area contributed by atoms with Crippen LogP contribution >= 0.6 is 0 Å². The van der Waals surface area contributed by atoms with Gasteiger partial charge in [0.05, 0.1) is 44.6 Å². The molecule has 8 heteroatoms. The summed E-state index contributed by atoms with van der Waals surface area (Å²) >= 11 is 0. The van der Waals surface area contributed by atoms with Gasteiger partial charge in [0.2, 0.25) is 0 Å². The van der Waals surface area contributed by atoms with Gasteiger partial charge in [-0.05, 0) is 109 Å². The molecule has 12 aromatic rings. The fraction of sp³-hybridized carbons (Fsp3) is 0.0938. The molecule has 14 rings (SSSR count). The Morgan fingerprint density at radius 2 is 0.722 bits per heavy atom. The van der Waals surface area contributed by atoms with Gasteiger partial charge in [-0.15, -0.1) is 0 Å². The highest BCUT2D eigenvalue weighted by Gasteiger charge is 2.38. The van der Waals surface area contributed by atoms with Crippen LogP contribution in [0.15, 0.2) is 219 Å². The molecular weight excluding hydrogens is 881 g/mol. The summed E-state index contributed by atoms with van der Waals surface area (Å²) < 4.78 is 4.57. The van der Waals surface area contributed by atoms with Crippen molar-refractivity contribution in [1.29, 1.82) is 0 Å². The predicted molar refractivity (Wildman–Crippen MR) is 290 cm³/mol. The molecule has 0 saturated carbocycles. The third kappa shape index (κ3) is 6.89. The lowest BCUT2D eigenvalue weighted by atomic mass is 9.74. The van der Waals surface area contributed by atoms with Crippen LogP contribution in [0.1, 0.15) is 49.9 Å². The quantitative estimate of drug-likeness (QED) is 0.165. The molecular formula is C64H48N8. The first-order valence-electron chi connectivity index (χ1n) is 24.4. The topological polar surface area (TPSA) is 87.2 Å². The summed E-state index contributed by atoms with van der Waals surface area (Å²) in [4.78, 5) is 27.1. The first-order chi connectivity index (χ1) is 35.2. The van der Waals surface area contributed by atoms with Crippen LogP contribution in [0.3, 0.4) is 0 Å². The molecule has 8 aromatic carbocycles. The summed E-state index contributed by atoms with van der Waals surface area (Å²) in [5.74, 6) is 1.74. The average molecular weight is 929 g/mol. The highest BCUT2D eigenvalue weighted by molar-refractivity contribution is 5.93. The Bertz CT molecular complexity index is 4020. The molecule has 0 spiro atoms. The van der Waals surface area contributed by atoms with E-state index >= 15 is 0 Å². The number of fused-ring (bicyclic) bond motifs is 4. The molecule has 8 nitrogen and oxygen atoms in total. The molecule has 0 amide bonds. The fourth-order valence-corrected chi connectivity index (χ4v) is 11.2. The summed E-state index contributed by atoms with van der Waals surface area (Å²) in [5.41, 5.74) is 22.9. The van der Waals surface area contributed by atoms with Crippen molar-refractivity contribution in [2.75, 3.05) is 0 Å². The van der Waals surface area contributed by atoms with Gasteiger partial charge in [0.1, 0.15) is 24.3 Å². The zero-order chi connectivity index (χ0) is 48.6. The van der Waals surface area contributed by atoms with E-state index in [1.165, 1.54) is 66.8 Å². The van der Waals surface area contributed by atoms with E-state index in [4.69, 9.17) is 9.97 Å². The van der Waals surface area contributed by atoms with Gasteiger partial charge in [-0.1, -0.05) is 167 Å². The first-order valence-corrected chi connectivity index (χ1v) is 24.4. The van der Waals surface area contributed by atoms with Crippen LogP contribution in [0.25, 0.3) is 101 Å². The van der Waals surface area contributed by atoms with Crippen molar-refractivity contribution in [2.24, 2.45) is 0 Å². The highest BCUT2D eigenvalue weighted by atomic mass is 15.1. The minimum absolute atomic E-state index is 0.178. The van der Waals surface area contributed by atoms with Gasteiger partial charge in [-0.3, -0.25) is 9.13 Å². The summed E-state index contributed by atoms with van der Waals surface area (Å²) in [7, 11) is 0. The summed E-state index contributed by atoms with van der Waals surface area (Å²) in [6.45, 7) is 9.25. The minimum atomic E-state index is -0.187. The second-order valence-corrected chi connectivity index (χ2v) is 19.7. The van der Waals surface area contributed by atoms with Gasteiger partial charge in [-0.25, -0.2) is 29.9 Å². The number of rotatable bonds is 6. The molecule has 0 fully saturated rings. The van der Waals surface area contributed by atoms with Crippen molar-refractivity contribution < 1.29 is 0 Å². The largest absolute Gasteiger partial charge is 0.292 e.